The van der Waals surface area contributed by atoms with Gasteiger partial charge in [0.1, 0.15) is 0 Å². The van der Waals surface area contributed by atoms with Crippen LogP contribution in [0.15, 0.2) is 48.7 Å². The standard InChI is InChI=1S/C17H12N2O2S/c1-10-3-2-4-11(7-10)13-9-19-14-6-5-12(16(20)21)8-15(14)22-17(19)18-13/h2-9H,1H3,(H,20,21). The van der Waals surface area contributed by atoms with Gasteiger partial charge < -0.3 is 5.11 Å². The number of nitrogens with zero attached hydrogens (tertiary/aromatic N) is 2. The Morgan fingerprint density at radius 3 is 2.86 bits per heavy atom. The topological polar surface area (TPSA) is 54.6 Å². The quantitative estimate of drug-likeness (QED) is 0.603. The third kappa shape index (κ3) is 1.98. The second-order valence-corrected chi connectivity index (χ2v) is 6.25. The molecule has 0 atom stereocenters. The van der Waals surface area contributed by atoms with Crippen molar-refractivity contribution in [3.63, 3.8) is 0 Å². The van der Waals surface area contributed by atoms with Crippen LogP contribution in [0.25, 0.3) is 26.4 Å². The molecule has 0 radical (unpaired) electrons. The van der Waals surface area contributed by atoms with E-state index in [0.717, 1.165) is 26.4 Å². The number of aromatic carboxylic acids is 1. The number of hydrogen-bond acceptors (Lipinski definition) is 3. The summed E-state index contributed by atoms with van der Waals surface area (Å²) in [6.07, 6.45) is 2.00. The lowest BCUT2D eigenvalue weighted by Crippen LogP contribution is -1.94. The molecule has 2 aromatic carbocycles. The van der Waals surface area contributed by atoms with Gasteiger partial charge in [0.15, 0.2) is 4.96 Å². The first-order chi connectivity index (χ1) is 10.6. The average molecular weight is 308 g/mol. The average Bonchev–Trinajstić information content (AvgIpc) is 3.03. The van der Waals surface area contributed by atoms with Crippen LogP contribution in [0.5, 0.6) is 0 Å². The van der Waals surface area contributed by atoms with Crippen molar-refractivity contribution in [3.05, 3.63) is 59.8 Å². The minimum Gasteiger partial charge on any atom is -0.478 e. The Morgan fingerprint density at radius 1 is 1.23 bits per heavy atom. The van der Waals surface area contributed by atoms with E-state index in [4.69, 9.17) is 5.11 Å². The maximum absolute atomic E-state index is 11.1. The highest BCUT2D eigenvalue weighted by Crippen LogP contribution is 2.30. The minimum absolute atomic E-state index is 0.302. The van der Waals surface area contributed by atoms with E-state index < -0.39 is 5.97 Å². The predicted molar refractivity (Wildman–Crippen MR) is 87.7 cm³/mol. The summed E-state index contributed by atoms with van der Waals surface area (Å²) in [6, 6.07) is 13.4. The van der Waals surface area contributed by atoms with Gasteiger partial charge in [-0.2, -0.15) is 0 Å². The number of benzene rings is 2. The lowest BCUT2D eigenvalue weighted by molar-refractivity contribution is 0.0697. The van der Waals surface area contributed by atoms with E-state index in [1.54, 1.807) is 12.1 Å². The molecule has 0 saturated heterocycles. The molecule has 4 aromatic rings. The molecule has 0 aliphatic heterocycles. The largest absolute Gasteiger partial charge is 0.478 e. The highest BCUT2D eigenvalue weighted by Gasteiger charge is 2.12. The number of carbonyl (C=O) groups is 1. The maximum atomic E-state index is 11.1. The molecule has 0 amide bonds. The fourth-order valence-electron chi connectivity index (χ4n) is 2.58. The smallest absolute Gasteiger partial charge is 0.335 e. The molecule has 0 unspecified atom stereocenters. The van der Waals surface area contributed by atoms with Crippen LogP contribution in [-0.4, -0.2) is 20.5 Å². The first-order valence-corrected chi connectivity index (χ1v) is 7.65. The second-order valence-electron chi connectivity index (χ2n) is 5.24. The van der Waals surface area contributed by atoms with Crippen molar-refractivity contribution in [2.45, 2.75) is 6.92 Å². The molecule has 4 nitrogen and oxygen atoms in total. The van der Waals surface area contributed by atoms with E-state index in [-0.39, 0.29) is 0 Å². The summed E-state index contributed by atoms with van der Waals surface area (Å²) in [5, 5.41) is 9.07. The van der Waals surface area contributed by atoms with Crippen molar-refractivity contribution in [3.8, 4) is 11.3 Å². The van der Waals surface area contributed by atoms with Crippen molar-refractivity contribution >= 4 is 32.5 Å². The van der Waals surface area contributed by atoms with E-state index in [9.17, 15) is 4.79 Å². The van der Waals surface area contributed by atoms with E-state index in [2.05, 4.69) is 24.0 Å². The van der Waals surface area contributed by atoms with Crippen LogP contribution in [0.4, 0.5) is 0 Å². The molecule has 22 heavy (non-hydrogen) atoms. The van der Waals surface area contributed by atoms with Gasteiger partial charge in [-0.05, 0) is 31.2 Å². The third-order valence-electron chi connectivity index (χ3n) is 3.65. The Morgan fingerprint density at radius 2 is 2.09 bits per heavy atom. The van der Waals surface area contributed by atoms with Gasteiger partial charge >= 0.3 is 5.97 Å². The number of carboxylic acid groups (broad SMARTS) is 1. The third-order valence-corrected chi connectivity index (χ3v) is 4.67. The van der Waals surface area contributed by atoms with Crippen molar-refractivity contribution in [1.82, 2.24) is 9.38 Å². The number of hydrogen-bond donors (Lipinski definition) is 1. The fraction of sp³-hybridized carbons (Fsp3) is 0.0588. The lowest BCUT2D eigenvalue weighted by atomic mass is 10.1. The Labute approximate surface area is 130 Å². The number of imidazole rings is 1. The van der Waals surface area contributed by atoms with E-state index in [0.29, 0.717) is 5.56 Å². The zero-order chi connectivity index (χ0) is 15.3. The zero-order valence-corrected chi connectivity index (χ0v) is 12.6. The SMILES string of the molecule is Cc1cccc(-c2cn3c(n2)sc2cc(C(=O)O)ccc23)c1. The molecule has 0 spiro atoms. The van der Waals surface area contributed by atoms with Crippen LogP contribution in [-0.2, 0) is 0 Å². The first kappa shape index (κ1) is 13.0. The van der Waals surface area contributed by atoms with Crippen molar-refractivity contribution in [2.75, 3.05) is 0 Å². The summed E-state index contributed by atoms with van der Waals surface area (Å²) in [5.74, 6) is -0.909. The van der Waals surface area contributed by atoms with Crippen LogP contribution in [0.2, 0.25) is 0 Å². The highest BCUT2D eigenvalue weighted by molar-refractivity contribution is 7.23. The van der Waals surface area contributed by atoms with E-state index in [1.807, 2.05) is 28.8 Å². The molecule has 0 saturated carbocycles. The molecular formula is C17H12N2O2S. The molecule has 4 rings (SSSR count). The summed E-state index contributed by atoms with van der Waals surface area (Å²) in [6.45, 7) is 2.06. The monoisotopic (exact) mass is 308 g/mol. The zero-order valence-electron chi connectivity index (χ0n) is 11.8. The second kappa shape index (κ2) is 4.68. The van der Waals surface area contributed by atoms with Gasteiger partial charge in [0, 0.05) is 11.8 Å². The molecule has 108 valence electrons. The summed E-state index contributed by atoms with van der Waals surface area (Å²) in [5.41, 5.74) is 4.50. The lowest BCUT2D eigenvalue weighted by Gasteiger charge is -1.98. The van der Waals surface area contributed by atoms with Crippen molar-refractivity contribution in [2.24, 2.45) is 0 Å². The Bertz CT molecular complexity index is 1030. The summed E-state index contributed by atoms with van der Waals surface area (Å²) >= 11 is 1.50. The highest BCUT2D eigenvalue weighted by atomic mass is 32.1. The van der Waals surface area contributed by atoms with Crippen molar-refractivity contribution in [1.29, 1.82) is 0 Å². The van der Waals surface area contributed by atoms with Crippen LogP contribution in [0.3, 0.4) is 0 Å². The minimum atomic E-state index is -0.909. The molecule has 0 bridgehead atoms. The van der Waals surface area contributed by atoms with Gasteiger partial charge in [-0.3, -0.25) is 4.40 Å². The van der Waals surface area contributed by atoms with Gasteiger partial charge in [-0.25, -0.2) is 9.78 Å². The molecule has 2 heterocycles. The van der Waals surface area contributed by atoms with Crippen LogP contribution in [0, 0.1) is 6.92 Å². The molecule has 1 N–H and O–H groups in total. The van der Waals surface area contributed by atoms with Gasteiger partial charge in [0.05, 0.1) is 21.5 Å². The Hall–Kier alpha value is -2.66. The first-order valence-electron chi connectivity index (χ1n) is 6.84. The summed E-state index contributed by atoms with van der Waals surface area (Å²) in [4.78, 5) is 16.6. The van der Waals surface area contributed by atoms with Gasteiger partial charge in [-0.1, -0.05) is 35.1 Å². The van der Waals surface area contributed by atoms with E-state index in [1.165, 1.54) is 16.9 Å². The van der Waals surface area contributed by atoms with Crippen molar-refractivity contribution < 1.29 is 9.90 Å². The molecule has 0 aliphatic carbocycles. The molecular weight excluding hydrogens is 296 g/mol. The number of rotatable bonds is 2. The molecule has 5 heteroatoms. The molecule has 0 aliphatic rings. The van der Waals surface area contributed by atoms with E-state index >= 15 is 0 Å². The van der Waals surface area contributed by atoms with Gasteiger partial charge in [-0.15, -0.1) is 0 Å². The summed E-state index contributed by atoms with van der Waals surface area (Å²) < 4.78 is 2.95. The number of aryl methyl sites for hydroxylation is 1. The Balaban J connectivity index is 1.90. The van der Waals surface area contributed by atoms with Crippen LogP contribution in [0.1, 0.15) is 15.9 Å². The number of carboxylic acids is 1. The Kier molecular flexibility index (Phi) is 2.77. The number of thiazole rings is 1. The fourth-order valence-corrected chi connectivity index (χ4v) is 3.62. The summed E-state index contributed by atoms with van der Waals surface area (Å²) in [7, 11) is 0. The van der Waals surface area contributed by atoms with Gasteiger partial charge in [0.25, 0.3) is 0 Å². The number of fused-ring (bicyclic) bond motifs is 3. The van der Waals surface area contributed by atoms with Gasteiger partial charge in [0.2, 0.25) is 0 Å². The van der Waals surface area contributed by atoms with Crippen LogP contribution < -0.4 is 0 Å². The number of aromatic nitrogens is 2. The normalized spacial score (nSPS) is 11.3. The van der Waals surface area contributed by atoms with Crippen LogP contribution >= 0.6 is 11.3 Å². The molecule has 0 fully saturated rings. The molecule has 2 aromatic heterocycles. The maximum Gasteiger partial charge on any atom is 0.335 e. The predicted octanol–water partition coefficient (Wildman–Crippen LogP) is 4.22.